The van der Waals surface area contributed by atoms with Crippen LogP contribution in [0.5, 0.6) is 11.5 Å². The van der Waals surface area contributed by atoms with Gasteiger partial charge in [-0.15, -0.1) is 0 Å². The van der Waals surface area contributed by atoms with Gasteiger partial charge in [0.25, 0.3) is 5.91 Å². The van der Waals surface area contributed by atoms with Crippen molar-refractivity contribution in [2.75, 3.05) is 45.3 Å². The Labute approximate surface area is 212 Å². The monoisotopic (exact) mass is 493 g/mol. The van der Waals surface area contributed by atoms with Gasteiger partial charge in [-0.1, -0.05) is 35.9 Å². The van der Waals surface area contributed by atoms with Gasteiger partial charge in [-0.2, -0.15) is 0 Å². The van der Waals surface area contributed by atoms with Crippen LogP contribution < -0.4 is 19.7 Å². The van der Waals surface area contributed by atoms with E-state index in [0.717, 1.165) is 56.2 Å². The van der Waals surface area contributed by atoms with Crippen LogP contribution in [0.3, 0.4) is 0 Å². The van der Waals surface area contributed by atoms with Crippen molar-refractivity contribution < 1.29 is 14.3 Å². The normalized spacial score (nSPS) is 14.3. The lowest BCUT2D eigenvalue weighted by atomic mass is 10.1. The highest BCUT2D eigenvalue weighted by molar-refractivity contribution is 6.30. The largest absolute Gasteiger partial charge is 0.493 e. The number of methoxy groups -OCH3 is 2. The Hall–Kier alpha value is -3.22. The Morgan fingerprint density at radius 1 is 0.914 bits per heavy atom. The highest BCUT2D eigenvalue weighted by atomic mass is 35.5. The number of carbonyl (C=O) groups excluding carboxylic acids is 1. The summed E-state index contributed by atoms with van der Waals surface area (Å²) in [6.45, 7) is 5.23. The fourth-order valence-electron chi connectivity index (χ4n) is 4.45. The summed E-state index contributed by atoms with van der Waals surface area (Å²) < 4.78 is 10.8. The third-order valence-corrected chi connectivity index (χ3v) is 6.57. The molecule has 184 valence electrons. The molecule has 0 aliphatic carbocycles. The van der Waals surface area contributed by atoms with E-state index in [2.05, 4.69) is 45.4 Å². The number of hydrogen-bond donors (Lipinski definition) is 1. The number of nitrogens with one attached hydrogen (secondary N) is 1. The van der Waals surface area contributed by atoms with Crippen LogP contribution in [0.4, 0.5) is 5.69 Å². The number of amides is 1. The van der Waals surface area contributed by atoms with E-state index in [1.165, 1.54) is 11.3 Å². The summed E-state index contributed by atoms with van der Waals surface area (Å²) in [6.07, 6.45) is 1.07. The number of anilines is 1. The molecule has 6 nitrogen and oxygen atoms in total. The quantitative estimate of drug-likeness (QED) is 0.478. The zero-order valence-electron chi connectivity index (χ0n) is 20.3. The Balaban J connectivity index is 1.38. The lowest BCUT2D eigenvalue weighted by Gasteiger charge is -2.26. The minimum absolute atomic E-state index is 0.103. The summed E-state index contributed by atoms with van der Waals surface area (Å²) in [5.41, 5.74) is 4.11. The number of carbonyl (C=O) groups is 1. The van der Waals surface area contributed by atoms with Crippen molar-refractivity contribution in [1.29, 1.82) is 0 Å². The van der Waals surface area contributed by atoms with Crippen LogP contribution in [-0.4, -0.2) is 51.2 Å². The fraction of sp³-hybridized carbons (Fsp3) is 0.321. The fourth-order valence-corrected chi connectivity index (χ4v) is 4.58. The molecule has 1 fully saturated rings. The number of halogens is 1. The molecule has 3 aromatic rings. The molecule has 0 bridgehead atoms. The van der Waals surface area contributed by atoms with E-state index in [0.29, 0.717) is 17.1 Å². The van der Waals surface area contributed by atoms with Gasteiger partial charge in [0.2, 0.25) is 0 Å². The molecule has 0 aromatic heterocycles. The molecule has 0 spiro atoms. The average Bonchev–Trinajstić information content (AvgIpc) is 3.13. The van der Waals surface area contributed by atoms with Crippen LogP contribution >= 0.6 is 11.6 Å². The first-order valence-corrected chi connectivity index (χ1v) is 12.2. The summed E-state index contributed by atoms with van der Waals surface area (Å²) in [7, 11) is 3.32. The molecule has 1 heterocycles. The van der Waals surface area contributed by atoms with Crippen molar-refractivity contribution in [3.8, 4) is 11.5 Å². The van der Waals surface area contributed by atoms with Crippen molar-refractivity contribution >= 4 is 23.2 Å². The summed E-state index contributed by atoms with van der Waals surface area (Å²) in [4.78, 5) is 17.5. The van der Waals surface area contributed by atoms with E-state index in [-0.39, 0.29) is 5.91 Å². The first-order valence-electron chi connectivity index (χ1n) is 11.9. The number of ether oxygens (including phenoxy) is 2. The van der Waals surface area contributed by atoms with Crippen LogP contribution in [0.2, 0.25) is 5.02 Å². The molecular weight excluding hydrogens is 462 g/mol. The molecule has 0 unspecified atom stereocenters. The number of para-hydroxylation sites is 1. The van der Waals surface area contributed by atoms with Crippen LogP contribution in [0.15, 0.2) is 66.7 Å². The molecule has 4 rings (SSSR count). The second-order valence-electron chi connectivity index (χ2n) is 8.62. The lowest BCUT2D eigenvalue weighted by Crippen LogP contribution is -2.31. The molecule has 1 aliphatic heterocycles. The summed E-state index contributed by atoms with van der Waals surface area (Å²) in [5, 5.41) is 3.67. The first kappa shape index (κ1) is 24.9. The second kappa shape index (κ2) is 12.0. The maximum atomic E-state index is 12.6. The Morgan fingerprint density at radius 2 is 1.69 bits per heavy atom. The molecule has 1 saturated heterocycles. The molecule has 1 amide bonds. The Morgan fingerprint density at radius 3 is 2.46 bits per heavy atom. The second-order valence-corrected chi connectivity index (χ2v) is 9.06. The van der Waals surface area contributed by atoms with E-state index < -0.39 is 0 Å². The molecule has 0 atom stereocenters. The van der Waals surface area contributed by atoms with Gasteiger partial charge in [0.05, 0.1) is 14.2 Å². The minimum Gasteiger partial charge on any atom is -0.493 e. The van der Waals surface area contributed by atoms with Gasteiger partial charge in [0, 0.05) is 55.5 Å². The summed E-state index contributed by atoms with van der Waals surface area (Å²) in [5.74, 6) is 1.41. The van der Waals surface area contributed by atoms with E-state index in [9.17, 15) is 4.79 Å². The summed E-state index contributed by atoms with van der Waals surface area (Å²) >= 11 is 5.94. The van der Waals surface area contributed by atoms with Gasteiger partial charge < -0.3 is 19.7 Å². The first-order chi connectivity index (χ1) is 17.1. The van der Waals surface area contributed by atoms with E-state index in [1.54, 1.807) is 38.5 Å². The molecule has 7 heteroatoms. The molecule has 35 heavy (non-hydrogen) atoms. The van der Waals surface area contributed by atoms with E-state index in [4.69, 9.17) is 21.1 Å². The SMILES string of the molecule is COc1ccc(CN2CCCN(c3ccccc3CNC(=O)c3ccc(Cl)cc3)CC2)cc1OC. The highest BCUT2D eigenvalue weighted by Crippen LogP contribution is 2.28. The van der Waals surface area contributed by atoms with Gasteiger partial charge in [-0.05, 0) is 60.0 Å². The molecule has 1 aliphatic rings. The van der Waals surface area contributed by atoms with Crippen LogP contribution in [-0.2, 0) is 13.1 Å². The van der Waals surface area contributed by atoms with Crippen molar-refractivity contribution in [1.82, 2.24) is 10.2 Å². The van der Waals surface area contributed by atoms with Crippen LogP contribution in [0.1, 0.15) is 27.9 Å². The molecule has 3 aromatic carbocycles. The lowest BCUT2D eigenvalue weighted by molar-refractivity contribution is 0.0951. The topological polar surface area (TPSA) is 54.0 Å². The Kier molecular flexibility index (Phi) is 8.50. The third-order valence-electron chi connectivity index (χ3n) is 6.32. The molecule has 0 saturated carbocycles. The number of benzene rings is 3. The summed E-state index contributed by atoms with van der Waals surface area (Å²) in [6, 6.07) is 21.4. The molecule has 1 N–H and O–H groups in total. The van der Waals surface area contributed by atoms with Crippen molar-refractivity contribution in [3.63, 3.8) is 0 Å². The number of hydrogen-bond acceptors (Lipinski definition) is 5. The predicted octanol–water partition coefficient (Wildman–Crippen LogP) is 5.00. The minimum atomic E-state index is -0.103. The van der Waals surface area contributed by atoms with Crippen molar-refractivity contribution in [3.05, 3.63) is 88.4 Å². The van der Waals surface area contributed by atoms with Crippen LogP contribution in [0.25, 0.3) is 0 Å². The average molecular weight is 494 g/mol. The zero-order chi connectivity index (χ0) is 24.6. The van der Waals surface area contributed by atoms with Gasteiger partial charge in [-0.25, -0.2) is 0 Å². The standard InChI is InChI=1S/C28H32ClN3O3/c1-34-26-13-8-21(18-27(26)35-2)20-31-14-5-15-32(17-16-31)25-7-4-3-6-23(25)19-30-28(33)22-9-11-24(29)12-10-22/h3-4,6-13,18H,5,14-17,19-20H2,1-2H3,(H,30,33). The smallest absolute Gasteiger partial charge is 0.251 e. The third kappa shape index (κ3) is 6.47. The predicted molar refractivity (Wildman–Crippen MR) is 141 cm³/mol. The molecule has 0 radical (unpaired) electrons. The van der Waals surface area contributed by atoms with Gasteiger partial charge in [-0.3, -0.25) is 9.69 Å². The highest BCUT2D eigenvalue weighted by Gasteiger charge is 2.18. The number of nitrogens with zero attached hydrogens (tertiary/aromatic N) is 2. The van der Waals surface area contributed by atoms with Gasteiger partial charge in [0.1, 0.15) is 0 Å². The van der Waals surface area contributed by atoms with E-state index in [1.807, 2.05) is 12.1 Å². The zero-order valence-corrected chi connectivity index (χ0v) is 21.1. The van der Waals surface area contributed by atoms with Gasteiger partial charge in [0.15, 0.2) is 11.5 Å². The van der Waals surface area contributed by atoms with Gasteiger partial charge >= 0.3 is 0 Å². The molecular formula is C28H32ClN3O3. The maximum absolute atomic E-state index is 12.6. The van der Waals surface area contributed by atoms with Crippen molar-refractivity contribution in [2.45, 2.75) is 19.5 Å². The number of rotatable bonds is 8. The van der Waals surface area contributed by atoms with E-state index >= 15 is 0 Å². The Bertz CT molecular complexity index is 1140. The van der Waals surface area contributed by atoms with Crippen molar-refractivity contribution in [2.24, 2.45) is 0 Å². The maximum Gasteiger partial charge on any atom is 0.251 e. The van der Waals surface area contributed by atoms with Crippen LogP contribution in [0, 0.1) is 0 Å².